The fourth-order valence-electron chi connectivity index (χ4n) is 2.71. The Morgan fingerprint density at radius 3 is 1.87 bits per heavy atom. The lowest BCUT2D eigenvalue weighted by Gasteiger charge is -2.44. The largest absolute Gasteiger partial charge is 0.463 e. The number of rotatable bonds is 11. The Bertz CT molecular complexity index is 592. The minimum atomic E-state index is -1.28. The van der Waals surface area contributed by atoms with E-state index >= 15 is 0 Å². The molecule has 1 rings (SSSR count). The molecule has 1 saturated heterocycles. The predicted octanol–water partition coefficient (Wildman–Crippen LogP) is -0.905. The molecule has 0 unspecified atom stereocenters. The molecule has 30 heavy (non-hydrogen) atoms. The van der Waals surface area contributed by atoms with Gasteiger partial charge in [0.05, 0.1) is 26.4 Å². The molecule has 0 spiro atoms. The molecular weight excluding hydrogens is 408 g/mol. The number of ether oxygens (including phenoxy) is 7. The van der Waals surface area contributed by atoms with Crippen LogP contribution in [0, 0.1) is 0 Å². The average molecular weight is 436 g/mol. The van der Waals surface area contributed by atoms with Crippen LogP contribution in [-0.2, 0) is 52.3 Å². The van der Waals surface area contributed by atoms with Crippen molar-refractivity contribution in [3.63, 3.8) is 0 Å². The third-order valence-corrected chi connectivity index (χ3v) is 3.69. The molecule has 0 amide bonds. The summed E-state index contributed by atoms with van der Waals surface area (Å²) in [5, 5.41) is 8.73. The Kier molecular flexibility index (Phi) is 11.3. The van der Waals surface area contributed by atoms with Crippen molar-refractivity contribution in [2.24, 2.45) is 0 Å². The highest BCUT2D eigenvalue weighted by Gasteiger charge is 2.52. The first kappa shape index (κ1) is 25.8. The van der Waals surface area contributed by atoms with Crippen LogP contribution in [0.25, 0.3) is 0 Å². The van der Waals surface area contributed by atoms with Gasteiger partial charge in [0.2, 0.25) is 0 Å². The number of hydrogen-bond donors (Lipinski definition) is 1. The highest BCUT2D eigenvalue weighted by atomic mass is 16.7. The van der Waals surface area contributed by atoms with Gasteiger partial charge < -0.3 is 38.3 Å². The maximum atomic E-state index is 11.7. The Morgan fingerprint density at radius 1 is 0.767 bits per heavy atom. The smallest absolute Gasteiger partial charge is 0.303 e. The minimum Gasteiger partial charge on any atom is -0.463 e. The number of esters is 4. The molecular formula is C18H28O12. The number of hydrogen-bond acceptors (Lipinski definition) is 12. The van der Waals surface area contributed by atoms with Gasteiger partial charge in [-0.3, -0.25) is 19.2 Å². The lowest BCUT2D eigenvalue weighted by Crippen LogP contribution is -2.63. The molecule has 0 aromatic heterocycles. The highest BCUT2D eigenvalue weighted by Crippen LogP contribution is 2.29. The van der Waals surface area contributed by atoms with Crippen molar-refractivity contribution < 1.29 is 57.4 Å². The summed E-state index contributed by atoms with van der Waals surface area (Å²) in [6, 6.07) is 0. The summed E-state index contributed by atoms with van der Waals surface area (Å²) in [7, 11) is 0. The zero-order valence-electron chi connectivity index (χ0n) is 17.4. The van der Waals surface area contributed by atoms with Crippen LogP contribution in [0.15, 0.2) is 0 Å². The standard InChI is InChI=1S/C18H28O12/c1-10(20)26-9-14-15(27-11(2)21)16(28-12(3)22)17(29-13(4)23)18(30-14)25-8-7-24-6-5-19/h14-19H,5-9H2,1-4H3/t14-,15+,16+,17-,18-/m1/s1. The van der Waals surface area contributed by atoms with Gasteiger partial charge in [0.15, 0.2) is 24.6 Å². The fourth-order valence-corrected chi connectivity index (χ4v) is 2.71. The predicted molar refractivity (Wildman–Crippen MR) is 95.8 cm³/mol. The third-order valence-electron chi connectivity index (χ3n) is 3.69. The van der Waals surface area contributed by atoms with E-state index in [2.05, 4.69) is 0 Å². The van der Waals surface area contributed by atoms with Crippen LogP contribution in [0.2, 0.25) is 0 Å². The van der Waals surface area contributed by atoms with E-state index in [0.717, 1.165) is 20.8 Å². The quantitative estimate of drug-likeness (QED) is 0.242. The summed E-state index contributed by atoms with van der Waals surface area (Å²) < 4.78 is 37.1. The van der Waals surface area contributed by atoms with Crippen molar-refractivity contribution in [2.45, 2.75) is 58.4 Å². The van der Waals surface area contributed by atoms with E-state index in [0.29, 0.717) is 0 Å². The van der Waals surface area contributed by atoms with Crippen LogP contribution < -0.4 is 0 Å². The van der Waals surface area contributed by atoms with Crippen molar-refractivity contribution in [2.75, 3.05) is 33.0 Å². The molecule has 0 radical (unpaired) electrons. The van der Waals surface area contributed by atoms with Crippen LogP contribution in [0.3, 0.4) is 0 Å². The number of carbonyl (C=O) groups excluding carboxylic acids is 4. The molecule has 12 heteroatoms. The summed E-state index contributed by atoms with van der Waals surface area (Å²) in [6.07, 6.45) is -6.11. The van der Waals surface area contributed by atoms with E-state index in [9.17, 15) is 19.2 Å². The zero-order valence-corrected chi connectivity index (χ0v) is 17.4. The second kappa shape index (κ2) is 13.1. The number of aliphatic hydroxyl groups excluding tert-OH is 1. The monoisotopic (exact) mass is 436 g/mol. The van der Waals surface area contributed by atoms with E-state index in [1.54, 1.807) is 0 Å². The molecule has 1 fully saturated rings. The van der Waals surface area contributed by atoms with Crippen molar-refractivity contribution in [3.8, 4) is 0 Å². The van der Waals surface area contributed by atoms with Crippen molar-refractivity contribution in [3.05, 3.63) is 0 Å². The van der Waals surface area contributed by atoms with Gasteiger partial charge in [-0.15, -0.1) is 0 Å². The summed E-state index contributed by atoms with van der Waals surface area (Å²) in [5.74, 6) is -2.77. The molecule has 12 nitrogen and oxygen atoms in total. The van der Waals surface area contributed by atoms with Gasteiger partial charge >= 0.3 is 23.9 Å². The van der Waals surface area contributed by atoms with Gasteiger partial charge in [-0.05, 0) is 0 Å². The second-order valence-corrected chi connectivity index (χ2v) is 6.27. The Morgan fingerprint density at radius 2 is 1.33 bits per heavy atom. The normalized spacial score (nSPS) is 25.8. The number of carbonyl (C=O) groups is 4. The second-order valence-electron chi connectivity index (χ2n) is 6.27. The molecule has 1 N–H and O–H groups in total. The fraction of sp³-hybridized carbons (Fsp3) is 0.778. The van der Waals surface area contributed by atoms with Crippen molar-refractivity contribution in [1.82, 2.24) is 0 Å². The van der Waals surface area contributed by atoms with Gasteiger partial charge in [0.25, 0.3) is 0 Å². The van der Waals surface area contributed by atoms with E-state index in [4.69, 9.17) is 38.3 Å². The molecule has 5 atom stereocenters. The van der Waals surface area contributed by atoms with Gasteiger partial charge in [-0.25, -0.2) is 0 Å². The number of aliphatic hydroxyl groups is 1. The van der Waals surface area contributed by atoms with Crippen molar-refractivity contribution in [1.29, 1.82) is 0 Å². The summed E-state index contributed by atoms with van der Waals surface area (Å²) >= 11 is 0. The molecule has 1 heterocycles. The summed E-state index contributed by atoms with van der Waals surface area (Å²) in [5.41, 5.74) is 0. The first-order chi connectivity index (χ1) is 14.1. The maximum absolute atomic E-state index is 11.7. The molecule has 1 aliphatic heterocycles. The Labute approximate surface area is 173 Å². The van der Waals surface area contributed by atoms with Crippen LogP contribution in [0.5, 0.6) is 0 Å². The minimum absolute atomic E-state index is 0.0201. The van der Waals surface area contributed by atoms with Crippen LogP contribution in [0.1, 0.15) is 27.7 Å². The molecule has 0 aromatic rings. The lowest BCUT2D eigenvalue weighted by atomic mass is 9.98. The van der Waals surface area contributed by atoms with E-state index in [1.807, 2.05) is 0 Å². The topological polar surface area (TPSA) is 153 Å². The van der Waals surface area contributed by atoms with Gasteiger partial charge in [-0.2, -0.15) is 0 Å². The Hall–Kier alpha value is -2.28. The third kappa shape index (κ3) is 9.03. The summed E-state index contributed by atoms with van der Waals surface area (Å²) in [4.78, 5) is 46.1. The van der Waals surface area contributed by atoms with Gasteiger partial charge in [0.1, 0.15) is 12.7 Å². The van der Waals surface area contributed by atoms with E-state index in [-0.39, 0.29) is 33.0 Å². The van der Waals surface area contributed by atoms with Crippen molar-refractivity contribution >= 4 is 23.9 Å². The SMILES string of the molecule is CC(=O)OC[C@H]1O[C@@H](OCCOCCO)[C@H](OC(C)=O)[C@@H](OC(C)=O)[C@H]1OC(C)=O. The summed E-state index contributed by atoms with van der Waals surface area (Å²) in [6.45, 7) is 4.25. The zero-order chi connectivity index (χ0) is 22.7. The first-order valence-electron chi connectivity index (χ1n) is 9.26. The average Bonchev–Trinajstić information content (AvgIpc) is 2.63. The van der Waals surface area contributed by atoms with Crippen LogP contribution in [0.4, 0.5) is 0 Å². The molecule has 0 saturated carbocycles. The van der Waals surface area contributed by atoms with Gasteiger partial charge in [0, 0.05) is 27.7 Å². The molecule has 0 bridgehead atoms. The van der Waals surface area contributed by atoms with Gasteiger partial charge in [-0.1, -0.05) is 0 Å². The van der Waals surface area contributed by atoms with E-state index < -0.39 is 54.6 Å². The first-order valence-corrected chi connectivity index (χ1v) is 9.26. The lowest BCUT2D eigenvalue weighted by molar-refractivity contribution is -0.309. The maximum Gasteiger partial charge on any atom is 0.303 e. The molecule has 0 aliphatic carbocycles. The Balaban J connectivity index is 3.13. The molecule has 172 valence electrons. The van der Waals surface area contributed by atoms with Crippen LogP contribution in [-0.4, -0.2) is 92.7 Å². The highest BCUT2D eigenvalue weighted by molar-refractivity contribution is 5.68. The van der Waals surface area contributed by atoms with Crippen LogP contribution >= 0.6 is 0 Å². The molecule has 1 aliphatic rings. The molecule has 0 aromatic carbocycles. The van der Waals surface area contributed by atoms with E-state index in [1.165, 1.54) is 6.92 Å².